The van der Waals surface area contributed by atoms with Crippen molar-refractivity contribution in [3.63, 3.8) is 0 Å². The van der Waals surface area contributed by atoms with Gasteiger partial charge in [-0.15, -0.1) is 0 Å². The molecule has 30 heteroatoms. The number of amides is 2. The highest BCUT2D eigenvalue weighted by Gasteiger charge is 2.50. The second-order valence-electron chi connectivity index (χ2n) is 15.1. The lowest BCUT2D eigenvalue weighted by Crippen LogP contribution is -2.46. The van der Waals surface area contributed by atoms with Crippen LogP contribution in [0.4, 0.5) is 5.82 Å². The summed E-state index contributed by atoms with van der Waals surface area (Å²) in [6.07, 6.45) is -6.19. The summed E-state index contributed by atoms with van der Waals surface area (Å²) in [6.45, 7) is 0.0995. The number of fused-ring (bicyclic) bond motifs is 2. The molecule has 11 N–H and O–H groups in total. The van der Waals surface area contributed by atoms with Crippen LogP contribution in [0.5, 0.6) is 0 Å². The number of phosphoric ester groups is 3. The first-order chi connectivity index (χ1) is 30.8. The van der Waals surface area contributed by atoms with Crippen LogP contribution in [0.25, 0.3) is 28.0 Å². The molecule has 1 aliphatic rings. The predicted octanol–water partition coefficient (Wildman–Crippen LogP) is 1.38. The van der Waals surface area contributed by atoms with Crippen molar-refractivity contribution in [3.05, 3.63) is 66.3 Å². The molecule has 1 fully saturated rings. The van der Waals surface area contributed by atoms with Crippen molar-refractivity contribution >= 4 is 92.0 Å². The first-order valence-electron chi connectivity index (χ1n) is 19.3. The van der Waals surface area contributed by atoms with Gasteiger partial charge in [0.15, 0.2) is 17.7 Å². The van der Waals surface area contributed by atoms with Gasteiger partial charge >= 0.3 is 29.4 Å². The molecule has 2 amide bonds. The van der Waals surface area contributed by atoms with E-state index in [1.807, 2.05) is 36.4 Å². The van der Waals surface area contributed by atoms with Crippen LogP contribution in [0.3, 0.4) is 0 Å². The number of anilines is 1. The van der Waals surface area contributed by atoms with Crippen molar-refractivity contribution in [1.29, 1.82) is 0 Å². The number of ether oxygens (including phenoxy) is 1. The number of aliphatic hydroxyl groups excluding tert-OH is 2. The molecule has 0 radical (unpaired) electrons. The van der Waals surface area contributed by atoms with Crippen LogP contribution in [0, 0.1) is 5.41 Å². The van der Waals surface area contributed by atoms with E-state index in [2.05, 4.69) is 34.4 Å². The van der Waals surface area contributed by atoms with E-state index >= 15 is 0 Å². The van der Waals surface area contributed by atoms with E-state index in [4.69, 9.17) is 19.5 Å². The number of aliphatic carboxylic acids is 1. The Labute approximate surface area is 378 Å². The van der Waals surface area contributed by atoms with Gasteiger partial charge < -0.3 is 56.0 Å². The Morgan fingerprint density at radius 1 is 0.985 bits per heavy atom. The van der Waals surface area contributed by atoms with E-state index < -0.39 is 102 Å². The van der Waals surface area contributed by atoms with Gasteiger partial charge in [0.2, 0.25) is 16.9 Å². The number of aliphatic hydroxyl groups is 2. The van der Waals surface area contributed by atoms with E-state index in [9.17, 15) is 67.8 Å². The number of carbonyl (C=O) groups is 4. The van der Waals surface area contributed by atoms with Crippen LogP contribution in [0.1, 0.15) is 38.5 Å². The molecule has 26 nitrogen and oxygen atoms in total. The molecule has 66 heavy (non-hydrogen) atoms. The molecule has 7 unspecified atom stereocenters. The monoisotopic (exact) mass is 1010 g/mol. The number of imidazole rings is 1. The maximum atomic E-state index is 12.9. The molecule has 0 aliphatic carbocycles. The zero-order valence-electron chi connectivity index (χ0n) is 34.8. The molecular formula is C36H46N7O19P3S. The highest BCUT2D eigenvalue weighted by molar-refractivity contribution is 8.14. The van der Waals surface area contributed by atoms with Crippen LogP contribution in [0.15, 0.2) is 60.7 Å². The Kier molecular flexibility index (Phi) is 17.5. The lowest BCUT2D eigenvalue weighted by atomic mass is 9.87. The van der Waals surface area contributed by atoms with Crippen molar-refractivity contribution in [1.82, 2.24) is 30.2 Å². The number of nitrogens with zero attached hydrogens (tertiary/aromatic N) is 4. The van der Waals surface area contributed by atoms with Gasteiger partial charge in [0.05, 0.1) is 26.0 Å². The normalized spacial score (nSPS) is 20.4. The SMILES string of the molecule is CC(C)(COP(=O)(O)OP(=O)(O)OCC1OC(n2cnc3c(N)ncnc32)C(O)C1OP(=O)(O)O)C(O)C(=O)NCCC(=O)NCCSC(=O)/C(=C/c1ccc2ccccc2c1)CC(=O)O. The van der Waals surface area contributed by atoms with Crippen LogP contribution < -0.4 is 16.4 Å². The largest absolute Gasteiger partial charge is 0.481 e. The van der Waals surface area contributed by atoms with Crippen LogP contribution in [-0.4, -0.2) is 134 Å². The molecule has 0 bridgehead atoms. The molecule has 0 spiro atoms. The van der Waals surface area contributed by atoms with Crippen LogP contribution in [0.2, 0.25) is 0 Å². The number of nitrogen functional groups attached to an aromatic ring is 1. The second-order valence-corrected chi connectivity index (χ2v) is 20.4. The number of benzene rings is 2. The topological polar surface area (TPSA) is 401 Å². The average Bonchev–Trinajstić information content (AvgIpc) is 3.79. The van der Waals surface area contributed by atoms with Crippen molar-refractivity contribution in [3.8, 4) is 0 Å². The van der Waals surface area contributed by atoms with E-state index in [0.29, 0.717) is 5.56 Å². The van der Waals surface area contributed by atoms with E-state index in [1.54, 1.807) is 6.07 Å². The Morgan fingerprint density at radius 3 is 2.38 bits per heavy atom. The highest BCUT2D eigenvalue weighted by atomic mass is 32.2. The Bertz CT molecular complexity index is 2610. The van der Waals surface area contributed by atoms with E-state index in [-0.39, 0.29) is 47.8 Å². The van der Waals surface area contributed by atoms with Gasteiger partial charge in [0.25, 0.3) is 0 Å². The Hall–Kier alpha value is -4.53. The molecule has 1 aliphatic heterocycles. The van der Waals surface area contributed by atoms with E-state index in [1.165, 1.54) is 19.9 Å². The van der Waals surface area contributed by atoms with Crippen LogP contribution in [-0.2, 0) is 55.5 Å². The molecule has 7 atom stereocenters. The number of hydrogen-bond acceptors (Lipinski definition) is 19. The van der Waals surface area contributed by atoms with Gasteiger partial charge in [-0.3, -0.25) is 37.3 Å². The summed E-state index contributed by atoms with van der Waals surface area (Å²) in [5.41, 5.74) is 4.89. The standard InChI is InChI=1S/C36H46N7O19P3S/c1-36(2,30(48)33(49)39-10-9-25(44)38-11-12-66-35(50)23(15-26(45)46)14-20-7-8-21-5-3-4-6-22(21)13-20)17-59-65(56,57)62-64(54,55)58-16-24-29(61-63(51,52)53)28(47)34(60-24)43-19-42-27-31(37)40-18-41-32(27)43/h3-8,13-14,18-19,24,28-30,34,47-48H,9-12,15-17H2,1-2H3,(H,38,44)(H,39,49)(H,45,46)(H,54,55)(H,56,57)(H2,37,40,41)(H2,51,52,53)/b23-14+. The lowest BCUT2D eigenvalue weighted by Gasteiger charge is -2.30. The van der Waals surface area contributed by atoms with Gasteiger partial charge in [-0.05, 0) is 28.5 Å². The van der Waals surface area contributed by atoms with Crippen molar-refractivity contribution in [2.45, 2.75) is 57.3 Å². The fourth-order valence-corrected chi connectivity index (χ4v) is 9.75. The zero-order valence-corrected chi connectivity index (χ0v) is 38.3. The maximum absolute atomic E-state index is 12.9. The molecule has 2 aromatic carbocycles. The molecular weight excluding hydrogens is 959 g/mol. The minimum absolute atomic E-state index is 0.0153. The number of nitrogens with one attached hydrogen (secondary N) is 2. The fraction of sp³-hybridized carbons (Fsp3) is 0.417. The predicted molar refractivity (Wildman–Crippen MR) is 231 cm³/mol. The van der Waals surface area contributed by atoms with Gasteiger partial charge in [-0.25, -0.2) is 28.6 Å². The molecule has 2 aromatic heterocycles. The summed E-state index contributed by atoms with van der Waals surface area (Å²) < 4.78 is 62.4. The first kappa shape index (κ1) is 52.4. The zero-order chi connectivity index (χ0) is 48.6. The third kappa shape index (κ3) is 14.7. The van der Waals surface area contributed by atoms with Crippen molar-refractivity contribution in [2.24, 2.45) is 5.41 Å². The molecule has 1 saturated heterocycles. The first-order valence-corrected chi connectivity index (χ1v) is 24.8. The van der Waals surface area contributed by atoms with Crippen LogP contribution >= 0.6 is 35.2 Å². The van der Waals surface area contributed by atoms with Gasteiger partial charge in [0, 0.05) is 36.3 Å². The molecule has 3 heterocycles. The van der Waals surface area contributed by atoms with Gasteiger partial charge in [-0.2, -0.15) is 4.31 Å². The third-order valence-corrected chi connectivity index (χ3v) is 13.5. The summed E-state index contributed by atoms with van der Waals surface area (Å²) in [7, 11) is -16.5. The average molecular weight is 1010 g/mol. The number of aromatic nitrogens is 4. The summed E-state index contributed by atoms with van der Waals surface area (Å²) in [6, 6.07) is 13.0. The van der Waals surface area contributed by atoms with Crippen molar-refractivity contribution in [2.75, 3.05) is 37.8 Å². The summed E-state index contributed by atoms with van der Waals surface area (Å²) in [5.74, 6) is -2.72. The van der Waals surface area contributed by atoms with E-state index in [0.717, 1.165) is 39.8 Å². The van der Waals surface area contributed by atoms with Gasteiger partial charge in [0.1, 0.15) is 36.3 Å². The number of carboxylic acid groups (broad SMARTS) is 1. The number of phosphoric acid groups is 3. The quantitative estimate of drug-likeness (QED) is 0.0285. The second kappa shape index (κ2) is 22.1. The van der Waals surface area contributed by atoms with Gasteiger partial charge in [-0.1, -0.05) is 62.0 Å². The summed E-state index contributed by atoms with van der Waals surface area (Å²) in [4.78, 5) is 101. The molecule has 5 rings (SSSR count). The molecule has 4 aromatic rings. The number of rotatable bonds is 23. The Morgan fingerprint density at radius 2 is 1.68 bits per heavy atom. The molecule has 360 valence electrons. The lowest BCUT2D eigenvalue weighted by molar-refractivity contribution is -0.137. The fourth-order valence-electron chi connectivity index (χ4n) is 6.21. The van der Waals surface area contributed by atoms with Crippen molar-refractivity contribution < 1.29 is 90.4 Å². The summed E-state index contributed by atoms with van der Waals surface area (Å²) >= 11 is 0.812. The Balaban J connectivity index is 1.04. The third-order valence-electron chi connectivity index (χ3n) is 9.45. The highest BCUT2D eigenvalue weighted by Crippen LogP contribution is 2.61. The maximum Gasteiger partial charge on any atom is 0.481 e. The minimum atomic E-state index is -5.61. The number of carbonyl (C=O) groups excluding carboxylic acids is 3. The molecule has 0 saturated carbocycles. The number of thioether (sulfide) groups is 1. The number of carboxylic acids is 1. The smallest absolute Gasteiger partial charge is 0.481 e. The minimum Gasteiger partial charge on any atom is -0.481 e. The number of nitrogens with two attached hydrogens (primary N) is 1. The summed E-state index contributed by atoms with van der Waals surface area (Å²) in [5, 5.41) is 37.2. The number of hydrogen-bond donors (Lipinski definition) is 10.